The molecule has 23 nitrogen and oxygen atoms in total. The van der Waals surface area contributed by atoms with Crippen LogP contribution in [0.5, 0.6) is 0 Å². The number of nitrogens with two attached hydrogens (primary N) is 2. The second kappa shape index (κ2) is 29.0. The molecule has 8 amide bonds. The third kappa shape index (κ3) is 22.5. The van der Waals surface area contributed by atoms with Crippen molar-refractivity contribution >= 4 is 59.2 Å². The number of hydrogen-bond acceptors (Lipinski definition) is 13. The van der Waals surface area contributed by atoms with E-state index >= 15 is 0 Å². The summed E-state index contributed by atoms with van der Waals surface area (Å²) >= 11 is 0. The summed E-state index contributed by atoms with van der Waals surface area (Å²) in [5, 5.41) is 47.2. The Hall–Kier alpha value is -5.42. The fraction of sp³-hybridized carbons (Fsp3) is 0.750. The Bertz CT molecular complexity index is 1580. The van der Waals surface area contributed by atoms with Crippen molar-refractivity contribution in [3.05, 3.63) is 0 Å². The number of carbonyl (C=O) groups excluding carboxylic acids is 8. The number of nitrogens with one attached hydrogen (secondary N) is 8. The molecule has 0 aliphatic heterocycles. The Morgan fingerprint density at radius 3 is 1.30 bits per heavy atom. The van der Waals surface area contributed by atoms with Crippen LogP contribution in [0.4, 0.5) is 0 Å². The fourth-order valence-corrected chi connectivity index (χ4v) is 5.89. The summed E-state index contributed by atoms with van der Waals surface area (Å²) in [7, 11) is 0. The molecule has 0 aromatic heterocycles. The molecule has 23 heteroatoms. The zero-order valence-electron chi connectivity index (χ0n) is 37.9. The van der Waals surface area contributed by atoms with Crippen molar-refractivity contribution in [2.24, 2.45) is 29.2 Å². The molecule has 0 aliphatic rings. The van der Waals surface area contributed by atoms with Crippen molar-refractivity contribution in [2.75, 3.05) is 13.2 Å². The Morgan fingerprint density at radius 2 is 0.889 bits per heavy atom. The lowest BCUT2D eigenvalue weighted by atomic mass is 10.0. The Morgan fingerprint density at radius 1 is 0.476 bits per heavy atom. The molecule has 9 atom stereocenters. The highest BCUT2D eigenvalue weighted by molar-refractivity contribution is 5.98. The molecule has 15 N–H and O–H groups in total. The lowest BCUT2D eigenvalue weighted by Gasteiger charge is -2.28. The van der Waals surface area contributed by atoms with E-state index in [1.54, 1.807) is 27.7 Å². The first-order valence-corrected chi connectivity index (χ1v) is 21.2. The van der Waals surface area contributed by atoms with Gasteiger partial charge in [-0.15, -0.1) is 0 Å². The van der Waals surface area contributed by atoms with E-state index in [0.717, 1.165) is 0 Å². The van der Waals surface area contributed by atoms with E-state index in [4.69, 9.17) is 16.6 Å². The van der Waals surface area contributed by atoms with E-state index in [2.05, 4.69) is 42.5 Å². The summed E-state index contributed by atoms with van der Waals surface area (Å²) in [6.07, 6.45) is 0.720. The summed E-state index contributed by atoms with van der Waals surface area (Å²) < 4.78 is 0. The van der Waals surface area contributed by atoms with Crippen LogP contribution in [-0.2, 0) is 47.9 Å². The molecular formula is C40H72N10O13. The quantitative estimate of drug-likeness (QED) is 0.0321. The Balaban J connectivity index is 5.94. The molecular weight excluding hydrogens is 828 g/mol. The number of unbranched alkanes of at least 4 members (excludes halogenated alkanes) is 1. The molecule has 0 saturated heterocycles. The van der Waals surface area contributed by atoms with Crippen LogP contribution in [0, 0.1) is 17.8 Å². The predicted octanol–water partition coefficient (Wildman–Crippen LogP) is -2.93. The maximum Gasteiger partial charge on any atom is 0.328 e. The number of aliphatic hydroxyl groups is 1. The van der Waals surface area contributed by atoms with Gasteiger partial charge in [0.05, 0.1) is 12.6 Å². The smallest absolute Gasteiger partial charge is 0.328 e. The SMILES string of the molecule is CC(C)C[C@H](NC(=O)[C@H](C)NC(=O)[C@H](CCC(=O)O)NC(=O)[C@@H](NC(=O)[C@H](C)NC(=O)[C@H](CCCCN)NC(=O)[C@@H](N)CC(C)C)C(C)C)C(=O)N[C@@H](C)C(=O)N[C@@H](CO)C(=O)O. The number of amides is 8. The second-order valence-electron chi connectivity index (χ2n) is 16.8. The number of aliphatic carboxylic acids is 2. The minimum atomic E-state index is -1.62. The van der Waals surface area contributed by atoms with Gasteiger partial charge < -0.3 is 69.3 Å². The van der Waals surface area contributed by atoms with Gasteiger partial charge in [0, 0.05) is 6.42 Å². The summed E-state index contributed by atoms with van der Waals surface area (Å²) in [5.74, 6) is -9.88. The minimum Gasteiger partial charge on any atom is -0.481 e. The lowest BCUT2D eigenvalue weighted by Crippen LogP contribution is -2.60. The van der Waals surface area contributed by atoms with Gasteiger partial charge in [0.2, 0.25) is 47.3 Å². The van der Waals surface area contributed by atoms with Crippen LogP contribution in [0.25, 0.3) is 0 Å². The van der Waals surface area contributed by atoms with Crippen LogP contribution < -0.4 is 54.0 Å². The van der Waals surface area contributed by atoms with Crippen LogP contribution in [0.1, 0.15) is 107 Å². The van der Waals surface area contributed by atoms with E-state index in [-0.39, 0.29) is 24.7 Å². The van der Waals surface area contributed by atoms with Crippen molar-refractivity contribution in [1.29, 1.82) is 0 Å². The Kier molecular flexibility index (Phi) is 26.5. The normalized spacial score (nSPS) is 15.5. The van der Waals surface area contributed by atoms with Gasteiger partial charge in [0.25, 0.3) is 0 Å². The lowest BCUT2D eigenvalue weighted by molar-refractivity contribution is -0.143. The van der Waals surface area contributed by atoms with Gasteiger partial charge >= 0.3 is 11.9 Å². The zero-order chi connectivity index (χ0) is 48.7. The first-order valence-electron chi connectivity index (χ1n) is 21.2. The van der Waals surface area contributed by atoms with Crippen LogP contribution >= 0.6 is 0 Å². The molecule has 0 spiro atoms. The van der Waals surface area contributed by atoms with Crippen LogP contribution in [0.3, 0.4) is 0 Å². The second-order valence-corrected chi connectivity index (χ2v) is 16.8. The minimum absolute atomic E-state index is 0.0714. The molecule has 0 unspecified atom stereocenters. The summed E-state index contributed by atoms with van der Waals surface area (Å²) in [6, 6.07) is -11.4. The van der Waals surface area contributed by atoms with Crippen LogP contribution in [0.15, 0.2) is 0 Å². The molecule has 0 saturated carbocycles. The van der Waals surface area contributed by atoms with E-state index in [1.807, 2.05) is 13.8 Å². The maximum atomic E-state index is 13.6. The Labute approximate surface area is 368 Å². The largest absolute Gasteiger partial charge is 0.481 e. The summed E-state index contributed by atoms with van der Waals surface area (Å²) in [5.41, 5.74) is 11.6. The van der Waals surface area contributed by atoms with E-state index in [0.29, 0.717) is 25.8 Å². The summed E-state index contributed by atoms with van der Waals surface area (Å²) in [4.78, 5) is 128. The average molecular weight is 901 g/mol. The van der Waals surface area contributed by atoms with Gasteiger partial charge in [0.15, 0.2) is 0 Å². The standard InChI is InChI=1S/C40H72N10O13/c1-19(2)16-25(42)35(57)46-26(12-10-11-15-41)36(58)44-24(9)34(56)50-31(21(5)6)39(61)47-27(13-14-30(52)53)37(59)43-22(7)32(54)48-28(17-20(3)4)38(60)45-23(8)33(55)49-29(18-51)40(62)63/h19-29,31,51H,10-18,41-42H2,1-9H3,(H,43,59)(H,44,58)(H,45,60)(H,46,57)(H,47,61)(H,48,54)(H,49,55)(H,50,56)(H,52,53)(H,62,63)/t22-,23-,24-,25-,26-,27-,28-,29-,31-/m0/s1. The van der Waals surface area contributed by atoms with Crippen LogP contribution in [-0.4, -0.2) is 142 Å². The highest BCUT2D eigenvalue weighted by atomic mass is 16.4. The van der Waals surface area contributed by atoms with Gasteiger partial charge in [0.1, 0.15) is 48.3 Å². The average Bonchev–Trinajstić information content (AvgIpc) is 3.18. The van der Waals surface area contributed by atoms with Gasteiger partial charge in [-0.3, -0.25) is 43.2 Å². The number of rotatable bonds is 30. The number of hydrogen-bond donors (Lipinski definition) is 13. The molecule has 0 fully saturated rings. The first-order chi connectivity index (χ1) is 29.2. The number of carboxylic acids is 2. The third-order valence-electron chi connectivity index (χ3n) is 9.56. The molecule has 0 aliphatic carbocycles. The predicted molar refractivity (Wildman–Crippen MR) is 229 cm³/mol. The number of carboxylic acid groups (broad SMARTS) is 2. The molecule has 0 heterocycles. The highest BCUT2D eigenvalue weighted by Crippen LogP contribution is 2.10. The molecule has 0 aromatic carbocycles. The van der Waals surface area contributed by atoms with Crippen molar-refractivity contribution in [3.8, 4) is 0 Å². The fourth-order valence-electron chi connectivity index (χ4n) is 5.89. The monoisotopic (exact) mass is 901 g/mol. The molecule has 360 valence electrons. The van der Waals surface area contributed by atoms with E-state index in [9.17, 15) is 58.2 Å². The molecule has 63 heavy (non-hydrogen) atoms. The molecule has 0 radical (unpaired) electrons. The third-order valence-corrected chi connectivity index (χ3v) is 9.56. The van der Waals surface area contributed by atoms with Crippen molar-refractivity contribution in [1.82, 2.24) is 42.5 Å². The molecule has 0 aromatic rings. The van der Waals surface area contributed by atoms with Crippen LogP contribution in [0.2, 0.25) is 0 Å². The van der Waals surface area contributed by atoms with Gasteiger partial charge in [-0.2, -0.15) is 0 Å². The number of carbonyl (C=O) groups is 10. The van der Waals surface area contributed by atoms with Gasteiger partial charge in [-0.1, -0.05) is 41.5 Å². The van der Waals surface area contributed by atoms with Crippen molar-refractivity contribution < 1.29 is 63.3 Å². The van der Waals surface area contributed by atoms with Crippen molar-refractivity contribution in [2.45, 2.75) is 162 Å². The molecule has 0 bridgehead atoms. The van der Waals surface area contributed by atoms with E-state index < -0.39 is 139 Å². The molecule has 0 rings (SSSR count). The maximum absolute atomic E-state index is 13.6. The zero-order valence-corrected chi connectivity index (χ0v) is 37.9. The van der Waals surface area contributed by atoms with Gasteiger partial charge in [-0.05, 0) is 83.6 Å². The van der Waals surface area contributed by atoms with E-state index in [1.165, 1.54) is 20.8 Å². The van der Waals surface area contributed by atoms with Gasteiger partial charge in [-0.25, -0.2) is 4.79 Å². The topological polar surface area (TPSA) is 380 Å². The van der Waals surface area contributed by atoms with Crippen molar-refractivity contribution in [3.63, 3.8) is 0 Å². The number of aliphatic hydroxyl groups excluding tert-OH is 1. The summed E-state index contributed by atoms with van der Waals surface area (Å²) in [6.45, 7) is 13.8. The first kappa shape index (κ1) is 57.6. The highest BCUT2D eigenvalue weighted by Gasteiger charge is 2.34.